The van der Waals surface area contributed by atoms with Crippen molar-refractivity contribution in [1.29, 1.82) is 0 Å². The number of rotatable bonds is 9. The number of amides is 1. The second kappa shape index (κ2) is 10.4. The van der Waals surface area contributed by atoms with Crippen LogP contribution in [0.25, 0.3) is 11.5 Å². The highest BCUT2D eigenvalue weighted by Crippen LogP contribution is 2.19. The lowest BCUT2D eigenvalue weighted by Crippen LogP contribution is -2.35. The normalized spacial score (nSPS) is 17.6. The third-order valence-electron chi connectivity index (χ3n) is 5.30. The molecule has 0 aliphatic carbocycles. The van der Waals surface area contributed by atoms with E-state index in [-0.39, 0.29) is 5.91 Å². The number of likely N-dealkylation sites (tertiary alicyclic amines) is 1. The Morgan fingerprint density at radius 1 is 1.25 bits per heavy atom. The molecule has 1 N–H and O–H groups in total. The van der Waals surface area contributed by atoms with E-state index in [2.05, 4.69) is 27.3 Å². The number of nitrogens with zero attached hydrogens (tertiary/aromatic N) is 3. The van der Waals surface area contributed by atoms with Gasteiger partial charge in [0.2, 0.25) is 17.7 Å². The summed E-state index contributed by atoms with van der Waals surface area (Å²) in [4.78, 5) is 14.6. The number of aryl methyl sites for hydroxylation is 2. The lowest BCUT2D eigenvalue weighted by Gasteiger charge is -2.30. The number of piperidine rings is 1. The lowest BCUT2D eigenvalue weighted by atomic mass is 10.0. The highest BCUT2D eigenvalue weighted by atomic mass is 16.4. The summed E-state index contributed by atoms with van der Waals surface area (Å²) in [5.74, 6) is 1.87. The molecule has 6 nitrogen and oxygen atoms in total. The average molecular weight is 385 g/mol. The Morgan fingerprint density at radius 3 is 2.86 bits per heavy atom. The van der Waals surface area contributed by atoms with Crippen LogP contribution in [0.4, 0.5) is 0 Å². The number of hydrogen-bond donors (Lipinski definition) is 1. The first-order chi connectivity index (χ1) is 13.6. The van der Waals surface area contributed by atoms with Crippen molar-refractivity contribution in [2.45, 2.75) is 52.4 Å². The molecule has 0 radical (unpaired) electrons. The number of carbonyl (C=O) groups excluding carboxylic acids is 1. The molecule has 1 saturated heterocycles. The molecule has 1 atom stereocenters. The maximum atomic E-state index is 12.0. The zero-order valence-electron chi connectivity index (χ0n) is 17.1. The van der Waals surface area contributed by atoms with Crippen LogP contribution in [0.3, 0.4) is 0 Å². The third-order valence-corrected chi connectivity index (χ3v) is 5.30. The molecule has 0 spiro atoms. The molecule has 2 aromatic rings. The smallest absolute Gasteiger partial charge is 0.247 e. The fourth-order valence-electron chi connectivity index (χ4n) is 3.65. The van der Waals surface area contributed by atoms with Crippen LogP contribution in [-0.4, -0.2) is 47.2 Å². The molecule has 1 aromatic heterocycles. The molecule has 1 unspecified atom stereocenters. The minimum absolute atomic E-state index is 0.0432. The second-order valence-corrected chi connectivity index (χ2v) is 7.97. The van der Waals surface area contributed by atoms with Gasteiger partial charge in [0.05, 0.1) is 0 Å². The molecular weight excluding hydrogens is 352 g/mol. The lowest BCUT2D eigenvalue weighted by molar-refractivity contribution is -0.121. The Labute approximate surface area is 167 Å². The zero-order valence-corrected chi connectivity index (χ0v) is 17.1. The molecule has 2 heterocycles. The van der Waals surface area contributed by atoms with Gasteiger partial charge in [-0.2, -0.15) is 0 Å². The Hall–Kier alpha value is -2.21. The van der Waals surface area contributed by atoms with Gasteiger partial charge in [-0.1, -0.05) is 24.6 Å². The van der Waals surface area contributed by atoms with E-state index in [1.807, 2.05) is 31.2 Å². The van der Waals surface area contributed by atoms with Gasteiger partial charge in [-0.3, -0.25) is 4.79 Å². The van der Waals surface area contributed by atoms with Crippen LogP contribution in [0, 0.1) is 12.8 Å². The number of unbranched alkanes of at least 4 members (excludes halogenated alkanes) is 1. The van der Waals surface area contributed by atoms with Gasteiger partial charge in [0.1, 0.15) is 0 Å². The quantitative estimate of drug-likeness (QED) is 0.669. The van der Waals surface area contributed by atoms with E-state index in [9.17, 15) is 4.79 Å². The van der Waals surface area contributed by atoms with Gasteiger partial charge in [-0.15, -0.1) is 10.2 Å². The molecule has 1 aliphatic rings. The van der Waals surface area contributed by atoms with Gasteiger partial charge >= 0.3 is 0 Å². The average Bonchev–Trinajstić information content (AvgIpc) is 3.16. The van der Waals surface area contributed by atoms with E-state index in [4.69, 9.17) is 4.42 Å². The Morgan fingerprint density at radius 2 is 2.07 bits per heavy atom. The van der Waals surface area contributed by atoms with Crippen LogP contribution in [0.1, 0.15) is 50.5 Å². The molecule has 1 amide bonds. The van der Waals surface area contributed by atoms with Gasteiger partial charge in [0.15, 0.2) is 0 Å². The Kier molecular flexibility index (Phi) is 7.60. The number of carbonyl (C=O) groups is 1. The summed E-state index contributed by atoms with van der Waals surface area (Å²) >= 11 is 0. The number of benzene rings is 1. The van der Waals surface area contributed by atoms with Crippen LogP contribution in [-0.2, 0) is 11.2 Å². The van der Waals surface area contributed by atoms with E-state index in [1.54, 1.807) is 0 Å². The largest absolute Gasteiger partial charge is 0.421 e. The van der Waals surface area contributed by atoms with Gasteiger partial charge < -0.3 is 14.6 Å². The Balaban J connectivity index is 1.30. The maximum absolute atomic E-state index is 12.0. The highest BCUT2D eigenvalue weighted by molar-refractivity contribution is 5.75. The summed E-state index contributed by atoms with van der Waals surface area (Å²) in [7, 11) is 0. The van der Waals surface area contributed by atoms with Crippen molar-refractivity contribution in [2.24, 2.45) is 5.92 Å². The fraction of sp³-hybridized carbons (Fsp3) is 0.591. The van der Waals surface area contributed by atoms with Crippen molar-refractivity contribution in [2.75, 3.05) is 26.2 Å². The van der Waals surface area contributed by atoms with Crippen molar-refractivity contribution in [3.8, 4) is 11.5 Å². The van der Waals surface area contributed by atoms with E-state index >= 15 is 0 Å². The van der Waals surface area contributed by atoms with E-state index in [0.29, 0.717) is 24.6 Å². The summed E-state index contributed by atoms with van der Waals surface area (Å²) in [6.45, 7) is 8.70. The summed E-state index contributed by atoms with van der Waals surface area (Å²) in [6.07, 6.45) is 5.68. The van der Waals surface area contributed by atoms with Crippen LogP contribution in [0.2, 0.25) is 0 Å². The molecule has 3 rings (SSSR count). The van der Waals surface area contributed by atoms with Crippen molar-refractivity contribution >= 4 is 5.91 Å². The predicted molar refractivity (Wildman–Crippen MR) is 110 cm³/mol. The number of hydrogen-bond acceptors (Lipinski definition) is 5. The van der Waals surface area contributed by atoms with Crippen molar-refractivity contribution in [3.05, 3.63) is 35.7 Å². The maximum Gasteiger partial charge on any atom is 0.247 e. The first-order valence-corrected chi connectivity index (χ1v) is 10.5. The third kappa shape index (κ3) is 6.44. The summed E-state index contributed by atoms with van der Waals surface area (Å²) < 4.78 is 5.67. The van der Waals surface area contributed by atoms with Crippen molar-refractivity contribution < 1.29 is 9.21 Å². The zero-order chi connectivity index (χ0) is 19.8. The van der Waals surface area contributed by atoms with Crippen molar-refractivity contribution in [3.63, 3.8) is 0 Å². The fourth-order valence-corrected chi connectivity index (χ4v) is 3.65. The monoisotopic (exact) mass is 384 g/mol. The first-order valence-electron chi connectivity index (χ1n) is 10.5. The molecule has 0 bridgehead atoms. The molecular formula is C22H32N4O2. The predicted octanol–water partition coefficient (Wildman–Crippen LogP) is 3.61. The standard InChI is InChI=1S/C22H32N4O2/c1-17-7-9-19(10-8-17)22-25-24-21(28-22)12-11-20(27)23-13-3-4-14-26-15-5-6-18(2)16-26/h7-10,18H,3-6,11-16H2,1-2H3,(H,23,27). The van der Waals surface area contributed by atoms with E-state index in [0.717, 1.165) is 37.4 Å². The van der Waals surface area contributed by atoms with Gasteiger partial charge in [-0.05, 0) is 63.7 Å². The molecule has 1 aliphatic heterocycles. The van der Waals surface area contributed by atoms with Gasteiger partial charge in [0, 0.05) is 31.5 Å². The van der Waals surface area contributed by atoms with E-state index in [1.165, 1.54) is 31.5 Å². The number of aromatic nitrogens is 2. The minimum atomic E-state index is 0.0432. The van der Waals surface area contributed by atoms with Crippen molar-refractivity contribution in [1.82, 2.24) is 20.4 Å². The summed E-state index contributed by atoms with van der Waals surface area (Å²) in [6, 6.07) is 7.95. The van der Waals surface area contributed by atoms with Crippen LogP contribution in [0.5, 0.6) is 0 Å². The van der Waals surface area contributed by atoms with E-state index < -0.39 is 0 Å². The summed E-state index contributed by atoms with van der Waals surface area (Å²) in [5, 5.41) is 11.1. The summed E-state index contributed by atoms with van der Waals surface area (Å²) in [5.41, 5.74) is 2.09. The first kappa shape index (κ1) is 20.5. The minimum Gasteiger partial charge on any atom is -0.421 e. The Bertz CT molecular complexity index is 741. The molecule has 0 saturated carbocycles. The second-order valence-electron chi connectivity index (χ2n) is 7.97. The van der Waals surface area contributed by atoms with Crippen LogP contribution < -0.4 is 5.32 Å². The van der Waals surface area contributed by atoms with Crippen LogP contribution >= 0.6 is 0 Å². The highest BCUT2D eigenvalue weighted by Gasteiger charge is 2.15. The molecule has 152 valence electrons. The molecule has 1 aromatic carbocycles. The van der Waals surface area contributed by atoms with Gasteiger partial charge in [0.25, 0.3) is 0 Å². The molecule has 6 heteroatoms. The number of nitrogens with one attached hydrogen (secondary N) is 1. The topological polar surface area (TPSA) is 71.3 Å². The molecule has 1 fully saturated rings. The molecule has 28 heavy (non-hydrogen) atoms. The van der Waals surface area contributed by atoms with Gasteiger partial charge in [-0.25, -0.2) is 0 Å². The SMILES string of the molecule is Cc1ccc(-c2nnc(CCC(=O)NCCCCN3CCCC(C)C3)o2)cc1. The van der Waals surface area contributed by atoms with Crippen LogP contribution in [0.15, 0.2) is 28.7 Å².